The van der Waals surface area contributed by atoms with Gasteiger partial charge >= 0.3 is 0 Å². The highest BCUT2D eigenvalue weighted by molar-refractivity contribution is 6.34. The molecule has 0 unspecified atom stereocenters. The molecule has 0 bridgehead atoms. The topological polar surface area (TPSA) is 77.8 Å². The quantitative estimate of drug-likeness (QED) is 0.396. The number of hydrogen-bond acceptors (Lipinski definition) is 6. The second kappa shape index (κ2) is 10.7. The molecule has 2 N–H and O–H groups in total. The van der Waals surface area contributed by atoms with E-state index in [1.807, 2.05) is 29.9 Å². The molecule has 5 rings (SSSR count). The molecule has 9 heteroatoms. The first-order chi connectivity index (χ1) is 17.5. The number of anilines is 2. The maximum atomic E-state index is 13.0. The minimum Gasteiger partial charge on any atom is -0.340 e. The van der Waals surface area contributed by atoms with E-state index < -0.39 is 0 Å². The molecular weight excluding hydrogens is 474 g/mol. The number of imidazole rings is 1. The minimum atomic E-state index is -0.0853. The Balaban J connectivity index is 1.30. The van der Waals surface area contributed by atoms with Crippen molar-refractivity contribution >= 4 is 34.7 Å². The van der Waals surface area contributed by atoms with Gasteiger partial charge in [0.1, 0.15) is 0 Å². The number of benzene rings is 2. The number of nitrogens with zero attached hydrogens (tertiary/aromatic N) is 5. The lowest BCUT2D eigenvalue weighted by Gasteiger charge is -2.29. The SMILES string of the molecule is Cc1ccc(-c2cnc3c(Nc4ccc(C(=O)N(C)CCN5CCNCC5)c(Cl)c4)nccn23)cc1. The van der Waals surface area contributed by atoms with Crippen molar-refractivity contribution in [2.24, 2.45) is 0 Å². The van der Waals surface area contributed by atoms with Crippen molar-refractivity contribution < 1.29 is 4.79 Å². The van der Waals surface area contributed by atoms with Crippen LogP contribution in [0.3, 0.4) is 0 Å². The smallest absolute Gasteiger partial charge is 0.255 e. The highest BCUT2D eigenvalue weighted by Gasteiger charge is 2.18. The van der Waals surface area contributed by atoms with Crippen LogP contribution in [0.4, 0.5) is 11.5 Å². The van der Waals surface area contributed by atoms with E-state index >= 15 is 0 Å². The van der Waals surface area contributed by atoms with Crippen LogP contribution in [0.15, 0.2) is 61.1 Å². The first-order valence-corrected chi connectivity index (χ1v) is 12.5. The van der Waals surface area contributed by atoms with Crippen LogP contribution in [0.5, 0.6) is 0 Å². The molecule has 1 saturated heterocycles. The summed E-state index contributed by atoms with van der Waals surface area (Å²) >= 11 is 6.55. The molecule has 0 spiro atoms. The van der Waals surface area contributed by atoms with E-state index in [2.05, 4.69) is 56.7 Å². The van der Waals surface area contributed by atoms with Gasteiger partial charge in [0, 0.05) is 70.0 Å². The second-order valence-electron chi connectivity index (χ2n) is 9.12. The molecule has 36 heavy (non-hydrogen) atoms. The van der Waals surface area contributed by atoms with E-state index in [-0.39, 0.29) is 5.91 Å². The van der Waals surface area contributed by atoms with Crippen LogP contribution in [0.2, 0.25) is 5.02 Å². The summed E-state index contributed by atoms with van der Waals surface area (Å²) in [5, 5.41) is 7.05. The van der Waals surface area contributed by atoms with Crippen LogP contribution >= 0.6 is 11.6 Å². The molecule has 3 heterocycles. The molecule has 0 atom stereocenters. The standard InChI is InChI=1S/C27H30ClN7O/c1-19-3-5-20(6-4-19)24-18-31-26-25(30-11-14-35(24)26)32-21-7-8-22(23(28)17-21)27(36)33(2)15-16-34-12-9-29-10-13-34/h3-8,11,14,17-18,29H,9-10,12-13,15-16H2,1-2H3,(H,30,32). The lowest BCUT2D eigenvalue weighted by molar-refractivity contribution is 0.0775. The van der Waals surface area contributed by atoms with Crippen LogP contribution in [-0.2, 0) is 0 Å². The highest BCUT2D eigenvalue weighted by atomic mass is 35.5. The fraction of sp³-hybridized carbons (Fsp3) is 0.296. The average Bonchev–Trinajstić information content (AvgIpc) is 3.33. The monoisotopic (exact) mass is 503 g/mol. The summed E-state index contributed by atoms with van der Waals surface area (Å²) in [6.45, 7) is 7.58. The molecule has 0 radical (unpaired) electrons. The Kier molecular flexibility index (Phi) is 7.18. The van der Waals surface area contributed by atoms with Crippen molar-refractivity contribution in [3.05, 3.63) is 77.2 Å². The van der Waals surface area contributed by atoms with E-state index in [0.717, 1.165) is 49.7 Å². The van der Waals surface area contributed by atoms with Gasteiger partial charge in [0.15, 0.2) is 11.5 Å². The van der Waals surface area contributed by atoms with E-state index in [4.69, 9.17) is 11.6 Å². The molecule has 4 aromatic rings. The first-order valence-electron chi connectivity index (χ1n) is 12.1. The number of carbonyl (C=O) groups is 1. The molecule has 0 aliphatic carbocycles. The number of piperazine rings is 1. The van der Waals surface area contributed by atoms with Crippen LogP contribution in [0.25, 0.3) is 16.9 Å². The van der Waals surface area contributed by atoms with E-state index in [1.54, 1.807) is 23.2 Å². The molecule has 2 aromatic heterocycles. The van der Waals surface area contributed by atoms with Gasteiger partial charge in [0.2, 0.25) is 0 Å². The van der Waals surface area contributed by atoms with Crippen LogP contribution in [0, 0.1) is 6.92 Å². The van der Waals surface area contributed by atoms with Crippen molar-refractivity contribution in [3.63, 3.8) is 0 Å². The van der Waals surface area contributed by atoms with Gasteiger partial charge < -0.3 is 15.5 Å². The first kappa shape index (κ1) is 24.2. The van der Waals surface area contributed by atoms with Crippen molar-refractivity contribution in [2.75, 3.05) is 51.6 Å². The predicted octanol–water partition coefficient (Wildman–Crippen LogP) is 4.08. The number of carbonyl (C=O) groups excluding carboxylic acids is 1. The number of rotatable bonds is 7. The molecule has 1 amide bonds. The summed E-state index contributed by atoms with van der Waals surface area (Å²) < 4.78 is 2.01. The third-order valence-electron chi connectivity index (χ3n) is 6.55. The molecule has 1 fully saturated rings. The number of fused-ring (bicyclic) bond motifs is 1. The molecular formula is C27H30ClN7O. The lowest BCUT2D eigenvalue weighted by atomic mass is 10.1. The molecule has 1 aliphatic rings. The predicted molar refractivity (Wildman–Crippen MR) is 144 cm³/mol. The maximum Gasteiger partial charge on any atom is 0.255 e. The molecule has 0 saturated carbocycles. The van der Waals surface area contributed by atoms with Gasteiger partial charge in [0.05, 0.1) is 22.5 Å². The third-order valence-corrected chi connectivity index (χ3v) is 6.86. The zero-order valence-corrected chi connectivity index (χ0v) is 21.3. The fourth-order valence-corrected chi connectivity index (χ4v) is 4.64. The summed E-state index contributed by atoms with van der Waals surface area (Å²) in [5.41, 5.74) is 5.20. The van der Waals surface area contributed by atoms with Crippen LogP contribution < -0.4 is 10.6 Å². The van der Waals surface area contributed by atoms with Crippen molar-refractivity contribution in [3.8, 4) is 11.3 Å². The summed E-state index contributed by atoms with van der Waals surface area (Å²) in [7, 11) is 1.82. The summed E-state index contributed by atoms with van der Waals surface area (Å²) in [5.74, 6) is 0.525. The van der Waals surface area contributed by atoms with Gasteiger partial charge in [-0.25, -0.2) is 9.97 Å². The minimum absolute atomic E-state index is 0.0853. The van der Waals surface area contributed by atoms with E-state index in [1.165, 1.54) is 5.56 Å². The zero-order chi connectivity index (χ0) is 25.1. The zero-order valence-electron chi connectivity index (χ0n) is 20.5. The lowest BCUT2D eigenvalue weighted by Crippen LogP contribution is -2.46. The average molecular weight is 504 g/mol. The third kappa shape index (κ3) is 5.21. The normalized spacial score (nSPS) is 14.2. The Hall–Kier alpha value is -3.46. The Morgan fingerprint density at radius 2 is 1.92 bits per heavy atom. The Morgan fingerprint density at radius 1 is 1.14 bits per heavy atom. The van der Waals surface area contributed by atoms with E-state index in [0.29, 0.717) is 28.6 Å². The van der Waals surface area contributed by atoms with Gasteiger partial charge in [0.25, 0.3) is 5.91 Å². The number of aromatic nitrogens is 3. The summed E-state index contributed by atoms with van der Waals surface area (Å²) in [6.07, 6.45) is 5.48. The van der Waals surface area contributed by atoms with Gasteiger partial charge in [-0.05, 0) is 25.1 Å². The van der Waals surface area contributed by atoms with Crippen LogP contribution in [0.1, 0.15) is 15.9 Å². The molecule has 8 nitrogen and oxygen atoms in total. The Morgan fingerprint density at radius 3 is 2.67 bits per heavy atom. The fourth-order valence-electron chi connectivity index (χ4n) is 4.38. The number of aryl methyl sites for hydroxylation is 1. The maximum absolute atomic E-state index is 13.0. The molecule has 186 valence electrons. The Labute approximate surface area is 215 Å². The number of hydrogen-bond donors (Lipinski definition) is 2. The van der Waals surface area contributed by atoms with Gasteiger partial charge in [-0.15, -0.1) is 0 Å². The van der Waals surface area contributed by atoms with Crippen molar-refractivity contribution in [1.82, 2.24) is 29.5 Å². The van der Waals surface area contributed by atoms with Gasteiger partial charge in [-0.1, -0.05) is 41.4 Å². The number of likely N-dealkylation sites (N-methyl/N-ethyl adjacent to an activating group) is 1. The van der Waals surface area contributed by atoms with Crippen LogP contribution in [-0.4, -0.2) is 76.4 Å². The number of halogens is 1. The Bertz CT molecular complexity index is 1360. The summed E-state index contributed by atoms with van der Waals surface area (Å²) in [4.78, 5) is 26.2. The second-order valence-corrected chi connectivity index (χ2v) is 9.52. The molecule has 1 aliphatic heterocycles. The van der Waals surface area contributed by atoms with E-state index in [9.17, 15) is 4.79 Å². The van der Waals surface area contributed by atoms with Gasteiger partial charge in [-0.3, -0.25) is 14.1 Å². The highest BCUT2D eigenvalue weighted by Crippen LogP contribution is 2.28. The summed E-state index contributed by atoms with van der Waals surface area (Å²) in [6, 6.07) is 13.7. The van der Waals surface area contributed by atoms with Gasteiger partial charge in [-0.2, -0.15) is 0 Å². The number of amides is 1. The van der Waals surface area contributed by atoms with Crippen molar-refractivity contribution in [1.29, 1.82) is 0 Å². The molecule has 2 aromatic carbocycles. The number of nitrogens with one attached hydrogen (secondary N) is 2. The largest absolute Gasteiger partial charge is 0.340 e. The van der Waals surface area contributed by atoms with Crippen molar-refractivity contribution in [2.45, 2.75) is 6.92 Å².